The first-order valence-electron chi connectivity index (χ1n) is 9.31. The van der Waals surface area contributed by atoms with Gasteiger partial charge < -0.3 is 9.64 Å². The maximum atomic E-state index is 5.67. The minimum absolute atomic E-state index is 0.631. The van der Waals surface area contributed by atoms with Gasteiger partial charge in [-0.25, -0.2) is 4.98 Å². The maximum absolute atomic E-state index is 5.67. The number of rotatable bonds is 3. The van der Waals surface area contributed by atoms with Crippen LogP contribution in [-0.2, 0) is 0 Å². The van der Waals surface area contributed by atoms with E-state index in [2.05, 4.69) is 60.6 Å². The second kappa shape index (κ2) is 6.84. The zero-order chi connectivity index (χ0) is 20.0. The number of ether oxygens (including phenoxy) is 1. The van der Waals surface area contributed by atoms with E-state index < -0.39 is 0 Å². The topological polar surface area (TPSA) is 38.2 Å². The predicted molar refractivity (Wildman–Crippen MR) is 114 cm³/mol. The van der Waals surface area contributed by atoms with Crippen LogP contribution in [0.2, 0.25) is 0 Å². The summed E-state index contributed by atoms with van der Waals surface area (Å²) in [5.41, 5.74) is 10.8. The third-order valence-corrected chi connectivity index (χ3v) is 6.07. The van der Waals surface area contributed by atoms with E-state index in [1.54, 1.807) is 7.11 Å². The molecule has 0 radical (unpaired) electrons. The van der Waals surface area contributed by atoms with Gasteiger partial charge in [0.1, 0.15) is 0 Å². The van der Waals surface area contributed by atoms with Crippen molar-refractivity contribution in [2.75, 3.05) is 19.1 Å². The molecule has 0 N–H and O–H groups in total. The summed E-state index contributed by atoms with van der Waals surface area (Å²) in [6.45, 7) is 15.0. The fourth-order valence-electron chi connectivity index (χ4n) is 3.59. The van der Waals surface area contributed by atoms with E-state index in [4.69, 9.17) is 14.7 Å². The van der Waals surface area contributed by atoms with Crippen LogP contribution in [0.25, 0.3) is 10.9 Å². The lowest BCUT2D eigenvalue weighted by atomic mass is 9.95. The summed E-state index contributed by atoms with van der Waals surface area (Å²) in [6.07, 6.45) is 0. The van der Waals surface area contributed by atoms with Gasteiger partial charge in [-0.05, 0) is 99.5 Å². The minimum atomic E-state index is 0.631. The molecule has 0 saturated heterocycles. The monoisotopic (exact) mass is 363 g/mol. The average Bonchev–Trinajstić information content (AvgIpc) is 2.66. The van der Waals surface area contributed by atoms with Crippen molar-refractivity contribution >= 4 is 22.5 Å². The van der Waals surface area contributed by atoms with E-state index in [1.807, 2.05) is 11.9 Å². The summed E-state index contributed by atoms with van der Waals surface area (Å²) in [4.78, 5) is 11.7. The summed E-state index contributed by atoms with van der Waals surface area (Å²) in [5.74, 6) is 1.28. The van der Waals surface area contributed by atoms with Crippen molar-refractivity contribution in [1.82, 2.24) is 9.97 Å². The number of fused-ring (bicyclic) bond motifs is 1. The molecule has 0 spiro atoms. The molecule has 3 rings (SSSR count). The Labute approximate surface area is 162 Å². The standard InChI is InChI=1S/C23H29N3O/c1-12-10-19(11-13(2)14(12)3)26(8)23-24-21-18(7)16(5)15(4)17(6)20(21)22(25-23)27-9/h10-11H,1-9H3. The van der Waals surface area contributed by atoms with Gasteiger partial charge in [-0.1, -0.05) is 0 Å². The zero-order valence-electron chi connectivity index (χ0n) is 17.9. The summed E-state index contributed by atoms with van der Waals surface area (Å²) >= 11 is 0. The van der Waals surface area contributed by atoms with Crippen LogP contribution in [-0.4, -0.2) is 24.1 Å². The number of hydrogen-bond acceptors (Lipinski definition) is 4. The van der Waals surface area contributed by atoms with Crippen molar-refractivity contribution in [2.24, 2.45) is 0 Å². The molecule has 27 heavy (non-hydrogen) atoms. The fourth-order valence-corrected chi connectivity index (χ4v) is 3.59. The third kappa shape index (κ3) is 3.03. The Balaban J connectivity index is 2.27. The molecule has 1 heterocycles. The van der Waals surface area contributed by atoms with Crippen LogP contribution in [0.3, 0.4) is 0 Å². The highest BCUT2D eigenvalue weighted by atomic mass is 16.5. The van der Waals surface area contributed by atoms with Gasteiger partial charge in [0.2, 0.25) is 11.8 Å². The molecule has 1 aromatic heterocycles. The molecule has 0 fully saturated rings. The highest BCUT2D eigenvalue weighted by Gasteiger charge is 2.19. The van der Waals surface area contributed by atoms with Crippen molar-refractivity contribution in [3.05, 3.63) is 51.1 Å². The third-order valence-electron chi connectivity index (χ3n) is 6.07. The molecular weight excluding hydrogens is 334 g/mol. The second-order valence-electron chi connectivity index (χ2n) is 7.52. The number of aryl methyl sites for hydroxylation is 4. The normalized spacial score (nSPS) is 11.1. The van der Waals surface area contributed by atoms with Crippen LogP contribution >= 0.6 is 0 Å². The van der Waals surface area contributed by atoms with Gasteiger partial charge in [0, 0.05) is 12.7 Å². The van der Waals surface area contributed by atoms with E-state index in [0.29, 0.717) is 11.8 Å². The summed E-state index contributed by atoms with van der Waals surface area (Å²) in [5, 5.41) is 1.01. The molecular formula is C23H29N3O. The Morgan fingerprint density at radius 3 is 1.85 bits per heavy atom. The SMILES string of the molecule is COc1nc(N(C)c2cc(C)c(C)c(C)c2)nc2c(C)c(C)c(C)c(C)c12. The smallest absolute Gasteiger partial charge is 0.233 e. The molecule has 4 nitrogen and oxygen atoms in total. The van der Waals surface area contributed by atoms with E-state index in [9.17, 15) is 0 Å². The summed E-state index contributed by atoms with van der Waals surface area (Å²) in [6, 6.07) is 4.36. The number of methoxy groups -OCH3 is 1. The zero-order valence-corrected chi connectivity index (χ0v) is 17.9. The number of nitrogens with zero attached hydrogens (tertiary/aromatic N) is 3. The molecule has 0 aliphatic heterocycles. The van der Waals surface area contributed by atoms with Crippen molar-refractivity contribution in [2.45, 2.75) is 48.5 Å². The van der Waals surface area contributed by atoms with Crippen LogP contribution in [0.1, 0.15) is 38.9 Å². The molecule has 0 amide bonds. The first-order valence-corrected chi connectivity index (χ1v) is 9.31. The van der Waals surface area contributed by atoms with E-state index in [-0.39, 0.29) is 0 Å². The quantitative estimate of drug-likeness (QED) is 0.610. The number of aromatic nitrogens is 2. The fraction of sp³-hybridized carbons (Fsp3) is 0.391. The molecule has 0 aliphatic rings. The lowest BCUT2D eigenvalue weighted by Crippen LogP contribution is -2.15. The molecule has 0 saturated carbocycles. The number of hydrogen-bond donors (Lipinski definition) is 0. The van der Waals surface area contributed by atoms with Crippen LogP contribution in [0.5, 0.6) is 5.88 Å². The van der Waals surface area contributed by atoms with Gasteiger partial charge in [-0.3, -0.25) is 0 Å². The lowest BCUT2D eigenvalue weighted by Gasteiger charge is -2.22. The number of benzene rings is 2. The predicted octanol–water partition coefficient (Wildman–Crippen LogP) is 5.57. The first-order chi connectivity index (χ1) is 12.7. The van der Waals surface area contributed by atoms with Crippen LogP contribution in [0.15, 0.2) is 12.1 Å². The molecule has 142 valence electrons. The Morgan fingerprint density at radius 2 is 1.30 bits per heavy atom. The average molecular weight is 364 g/mol. The Kier molecular flexibility index (Phi) is 4.85. The van der Waals surface area contributed by atoms with Crippen molar-refractivity contribution in [1.29, 1.82) is 0 Å². The van der Waals surface area contributed by atoms with Crippen molar-refractivity contribution in [3.63, 3.8) is 0 Å². The minimum Gasteiger partial charge on any atom is -0.480 e. The van der Waals surface area contributed by atoms with Gasteiger partial charge in [0.25, 0.3) is 0 Å². The van der Waals surface area contributed by atoms with Gasteiger partial charge in [-0.15, -0.1) is 0 Å². The van der Waals surface area contributed by atoms with Gasteiger partial charge in [0.05, 0.1) is 18.0 Å². The lowest BCUT2D eigenvalue weighted by molar-refractivity contribution is 0.403. The Hall–Kier alpha value is -2.62. The second-order valence-corrected chi connectivity index (χ2v) is 7.52. The number of anilines is 2. The molecule has 0 unspecified atom stereocenters. The maximum Gasteiger partial charge on any atom is 0.233 e. The highest BCUT2D eigenvalue weighted by Crippen LogP contribution is 2.35. The molecule has 4 heteroatoms. The van der Waals surface area contributed by atoms with E-state index >= 15 is 0 Å². The molecule has 0 bridgehead atoms. The first kappa shape index (κ1) is 19.2. The highest BCUT2D eigenvalue weighted by molar-refractivity contribution is 5.92. The molecule has 0 atom stereocenters. The summed E-state index contributed by atoms with van der Waals surface area (Å²) < 4.78 is 5.67. The van der Waals surface area contributed by atoms with Crippen LogP contribution < -0.4 is 9.64 Å². The van der Waals surface area contributed by atoms with Gasteiger partial charge >= 0.3 is 0 Å². The van der Waals surface area contributed by atoms with Crippen LogP contribution in [0, 0.1) is 48.5 Å². The molecule has 3 aromatic rings. The van der Waals surface area contributed by atoms with Gasteiger partial charge in [0.15, 0.2) is 0 Å². The Bertz CT molecular complexity index is 1030. The largest absolute Gasteiger partial charge is 0.480 e. The van der Waals surface area contributed by atoms with E-state index in [0.717, 1.165) is 16.6 Å². The molecule has 2 aromatic carbocycles. The van der Waals surface area contributed by atoms with Crippen LogP contribution in [0.4, 0.5) is 11.6 Å². The van der Waals surface area contributed by atoms with Gasteiger partial charge in [-0.2, -0.15) is 4.98 Å². The Morgan fingerprint density at radius 1 is 0.741 bits per heavy atom. The van der Waals surface area contributed by atoms with E-state index in [1.165, 1.54) is 38.9 Å². The van der Waals surface area contributed by atoms with Crippen molar-refractivity contribution < 1.29 is 4.74 Å². The van der Waals surface area contributed by atoms with Crippen molar-refractivity contribution in [3.8, 4) is 5.88 Å². The molecule has 0 aliphatic carbocycles. The summed E-state index contributed by atoms with van der Waals surface area (Å²) in [7, 11) is 3.68.